The summed E-state index contributed by atoms with van der Waals surface area (Å²) in [6.45, 7) is 2.03. The van der Waals surface area contributed by atoms with Crippen LogP contribution in [0.3, 0.4) is 0 Å². The Hall–Kier alpha value is -1.27. The van der Waals surface area contributed by atoms with Crippen LogP contribution in [-0.4, -0.2) is 41.1 Å². The van der Waals surface area contributed by atoms with Gasteiger partial charge in [-0.1, -0.05) is 40.2 Å². The van der Waals surface area contributed by atoms with Crippen LogP contribution in [0.1, 0.15) is 18.4 Å². The quantitative estimate of drug-likeness (QED) is 0.524. The van der Waals surface area contributed by atoms with Crippen molar-refractivity contribution in [3.05, 3.63) is 52.5 Å². The molecule has 0 aliphatic carbocycles. The maximum absolute atomic E-state index is 8.92. The summed E-state index contributed by atoms with van der Waals surface area (Å²) >= 11 is 5.06. The first kappa shape index (κ1) is 18.5. The molecule has 132 valence electrons. The second-order valence-electron chi connectivity index (χ2n) is 6.35. The van der Waals surface area contributed by atoms with E-state index >= 15 is 0 Å². The van der Waals surface area contributed by atoms with Crippen molar-refractivity contribution in [1.29, 1.82) is 0 Å². The zero-order chi connectivity index (χ0) is 17.6. The second kappa shape index (κ2) is 8.90. The Morgan fingerprint density at radius 1 is 1.08 bits per heavy atom. The Balaban J connectivity index is 1.64. The molecule has 1 heterocycles. The normalized spacial score (nSPS) is 11.5. The van der Waals surface area contributed by atoms with Crippen LogP contribution >= 0.6 is 27.5 Å². The smallest absolute Gasteiger partial charge is 0.0919 e. The van der Waals surface area contributed by atoms with Gasteiger partial charge in [0.2, 0.25) is 0 Å². The maximum Gasteiger partial charge on any atom is 0.0919 e. The number of aromatic nitrogens is 1. The van der Waals surface area contributed by atoms with E-state index in [9.17, 15) is 0 Å². The highest BCUT2D eigenvalue weighted by atomic mass is 79.9. The predicted molar refractivity (Wildman–Crippen MR) is 110 cm³/mol. The fourth-order valence-electron chi connectivity index (χ4n) is 2.95. The van der Waals surface area contributed by atoms with Crippen LogP contribution in [-0.2, 0) is 6.42 Å². The predicted octanol–water partition coefficient (Wildman–Crippen LogP) is 4.97. The number of fused-ring (bicyclic) bond motifs is 1. The number of aryl methyl sites for hydroxylation is 1. The van der Waals surface area contributed by atoms with Gasteiger partial charge in [0.25, 0.3) is 0 Å². The monoisotopic (exact) mass is 418 g/mol. The summed E-state index contributed by atoms with van der Waals surface area (Å²) in [6, 6.07) is 15.1. The van der Waals surface area contributed by atoms with Crippen molar-refractivity contribution >= 4 is 37.5 Å². The molecule has 0 radical (unpaired) electrons. The highest BCUT2D eigenvalue weighted by molar-refractivity contribution is 9.10. The third-order valence-electron chi connectivity index (χ3n) is 4.39. The summed E-state index contributed by atoms with van der Waals surface area (Å²) in [5, 5.41) is 10.2. The molecule has 0 aliphatic heterocycles. The lowest BCUT2D eigenvalue weighted by Gasteiger charge is -2.14. The van der Waals surface area contributed by atoms with Crippen molar-refractivity contribution < 1.29 is 5.11 Å². The number of hydrogen-bond donors (Lipinski definition) is 1. The lowest BCUT2D eigenvalue weighted by Crippen LogP contribution is -2.23. The summed E-state index contributed by atoms with van der Waals surface area (Å²) in [5.74, 6) is 0. The summed E-state index contributed by atoms with van der Waals surface area (Å²) in [7, 11) is 2.06. The standard InChI is InChI=1S/C20H23BrN2OS/c1-23(12-13-24)11-3-2-4-15-5-10-18-19(14-15)25-22-20(18)16-6-8-17(21)9-7-16/h5-10,14,24H,2-4,11-13H2,1H3. The Morgan fingerprint density at radius 2 is 1.88 bits per heavy atom. The maximum atomic E-state index is 8.92. The Labute approximate surface area is 161 Å². The third-order valence-corrected chi connectivity index (χ3v) is 5.73. The van der Waals surface area contributed by atoms with Crippen molar-refractivity contribution in [1.82, 2.24) is 9.27 Å². The van der Waals surface area contributed by atoms with Gasteiger partial charge in [-0.15, -0.1) is 0 Å². The zero-order valence-electron chi connectivity index (χ0n) is 14.4. The van der Waals surface area contributed by atoms with Crippen LogP contribution in [0.15, 0.2) is 46.9 Å². The topological polar surface area (TPSA) is 36.4 Å². The first-order chi connectivity index (χ1) is 12.2. The van der Waals surface area contributed by atoms with Crippen LogP contribution in [0.2, 0.25) is 0 Å². The molecule has 0 fully saturated rings. The van der Waals surface area contributed by atoms with Crippen molar-refractivity contribution in [3.8, 4) is 11.3 Å². The molecule has 3 rings (SSSR count). The van der Waals surface area contributed by atoms with E-state index < -0.39 is 0 Å². The minimum Gasteiger partial charge on any atom is -0.395 e. The SMILES string of the molecule is CN(CCO)CCCCc1ccc2c(-c3ccc(Br)cc3)nsc2c1. The largest absolute Gasteiger partial charge is 0.395 e. The Bertz CT molecular complexity index is 816. The van der Waals surface area contributed by atoms with Crippen LogP contribution in [0, 0.1) is 0 Å². The highest BCUT2D eigenvalue weighted by Gasteiger charge is 2.09. The molecular weight excluding hydrogens is 396 g/mol. The van der Waals surface area contributed by atoms with Crippen molar-refractivity contribution in [3.63, 3.8) is 0 Å². The molecule has 0 spiro atoms. The lowest BCUT2D eigenvalue weighted by atomic mass is 10.0. The third kappa shape index (κ3) is 4.88. The van der Waals surface area contributed by atoms with E-state index in [0.29, 0.717) is 0 Å². The van der Waals surface area contributed by atoms with Crippen molar-refractivity contribution in [2.75, 3.05) is 26.7 Å². The highest BCUT2D eigenvalue weighted by Crippen LogP contribution is 2.32. The van der Waals surface area contributed by atoms with E-state index in [4.69, 9.17) is 5.11 Å². The molecule has 0 bridgehead atoms. The molecule has 0 unspecified atom stereocenters. The van der Waals surface area contributed by atoms with Gasteiger partial charge in [0.05, 0.1) is 17.0 Å². The molecule has 1 aromatic heterocycles. The molecule has 1 N–H and O–H groups in total. The minimum absolute atomic E-state index is 0.235. The summed E-state index contributed by atoms with van der Waals surface area (Å²) in [5.41, 5.74) is 3.61. The van der Waals surface area contributed by atoms with Gasteiger partial charge in [-0.2, -0.15) is 4.37 Å². The lowest BCUT2D eigenvalue weighted by molar-refractivity contribution is 0.219. The van der Waals surface area contributed by atoms with E-state index in [1.165, 1.54) is 22.1 Å². The number of likely N-dealkylation sites (N-methyl/N-ethyl adjacent to an activating group) is 1. The molecular formula is C20H23BrN2OS. The van der Waals surface area contributed by atoms with E-state index in [1.807, 2.05) is 0 Å². The van der Waals surface area contributed by atoms with Gasteiger partial charge >= 0.3 is 0 Å². The van der Waals surface area contributed by atoms with Crippen molar-refractivity contribution in [2.24, 2.45) is 0 Å². The fraction of sp³-hybridized carbons (Fsp3) is 0.350. The molecule has 0 saturated carbocycles. The van der Waals surface area contributed by atoms with Gasteiger partial charge < -0.3 is 10.0 Å². The second-order valence-corrected chi connectivity index (χ2v) is 8.07. The molecule has 3 aromatic rings. The molecule has 5 heteroatoms. The van der Waals surface area contributed by atoms with E-state index in [0.717, 1.165) is 41.7 Å². The van der Waals surface area contributed by atoms with Gasteiger partial charge in [-0.05, 0) is 68.1 Å². The zero-order valence-corrected chi connectivity index (χ0v) is 16.8. The molecule has 0 atom stereocenters. The van der Waals surface area contributed by atoms with E-state index in [1.54, 1.807) is 11.5 Å². The first-order valence-electron chi connectivity index (χ1n) is 8.61. The van der Waals surface area contributed by atoms with Crippen LogP contribution < -0.4 is 0 Å². The number of benzene rings is 2. The van der Waals surface area contributed by atoms with Gasteiger partial charge in [0.1, 0.15) is 0 Å². The first-order valence-corrected chi connectivity index (χ1v) is 10.2. The molecule has 3 nitrogen and oxygen atoms in total. The van der Waals surface area contributed by atoms with E-state index in [2.05, 4.69) is 74.7 Å². The van der Waals surface area contributed by atoms with Crippen molar-refractivity contribution in [2.45, 2.75) is 19.3 Å². The van der Waals surface area contributed by atoms with Crippen LogP contribution in [0.4, 0.5) is 0 Å². The number of hydrogen-bond acceptors (Lipinski definition) is 4. The number of halogens is 1. The number of aliphatic hydroxyl groups is 1. The van der Waals surface area contributed by atoms with E-state index in [-0.39, 0.29) is 6.61 Å². The molecule has 0 amide bonds. The summed E-state index contributed by atoms with van der Waals surface area (Å²) in [4.78, 5) is 2.18. The summed E-state index contributed by atoms with van der Waals surface area (Å²) in [6.07, 6.45) is 3.41. The number of nitrogens with zero attached hydrogens (tertiary/aromatic N) is 2. The van der Waals surface area contributed by atoms with Gasteiger partial charge in [0.15, 0.2) is 0 Å². The number of rotatable bonds is 8. The van der Waals surface area contributed by atoms with Gasteiger partial charge in [-0.3, -0.25) is 0 Å². The average molecular weight is 419 g/mol. The number of unbranched alkanes of at least 4 members (excludes halogenated alkanes) is 1. The Morgan fingerprint density at radius 3 is 2.64 bits per heavy atom. The summed E-state index contributed by atoms with van der Waals surface area (Å²) < 4.78 is 7.02. The minimum atomic E-state index is 0.235. The molecule has 0 aliphatic rings. The van der Waals surface area contributed by atoms with Gasteiger partial charge in [0, 0.05) is 22.0 Å². The van der Waals surface area contributed by atoms with Gasteiger partial charge in [-0.25, -0.2) is 0 Å². The van der Waals surface area contributed by atoms with Crippen LogP contribution in [0.5, 0.6) is 0 Å². The molecule has 0 saturated heterocycles. The average Bonchev–Trinajstić information content (AvgIpc) is 3.03. The fourth-order valence-corrected chi connectivity index (χ4v) is 4.07. The van der Waals surface area contributed by atoms with Crippen LogP contribution in [0.25, 0.3) is 21.3 Å². The Kier molecular flexibility index (Phi) is 6.59. The molecule has 25 heavy (non-hydrogen) atoms. The number of aliphatic hydroxyl groups excluding tert-OH is 1. The molecule has 2 aromatic carbocycles.